The minimum atomic E-state index is -0.00843. The van der Waals surface area contributed by atoms with Gasteiger partial charge >= 0.3 is 0 Å². The summed E-state index contributed by atoms with van der Waals surface area (Å²) in [4.78, 5) is 0.525. The fourth-order valence-corrected chi connectivity index (χ4v) is 1.25. The number of aromatic hydroxyl groups is 1. The smallest absolute Gasteiger partial charge is 0.268 e. The molecule has 4 nitrogen and oxygen atoms in total. The van der Waals surface area contributed by atoms with Crippen LogP contribution in [-0.2, 0) is 0 Å². The predicted molar refractivity (Wildman–Crippen MR) is 43.9 cm³/mol. The second-order valence-corrected chi connectivity index (χ2v) is 2.72. The van der Waals surface area contributed by atoms with E-state index in [2.05, 4.69) is 21.8 Å². The third-order valence-corrected chi connectivity index (χ3v) is 2.01. The minimum absolute atomic E-state index is 0.00843. The van der Waals surface area contributed by atoms with Crippen molar-refractivity contribution >= 4 is 23.8 Å². The maximum Gasteiger partial charge on any atom is 0.268 e. The Morgan fingerprint density at radius 1 is 1.42 bits per heavy atom. The maximum absolute atomic E-state index is 9.27. The first-order valence-electron chi connectivity index (χ1n) is 3.21. The Labute approximate surface area is 73.1 Å². The van der Waals surface area contributed by atoms with Gasteiger partial charge in [0, 0.05) is 6.07 Å². The van der Waals surface area contributed by atoms with Gasteiger partial charge in [-0.3, -0.25) is 9.15 Å². The molecule has 5 heteroatoms. The predicted octanol–water partition coefficient (Wildman–Crippen LogP) is 2.03. The van der Waals surface area contributed by atoms with Crippen molar-refractivity contribution in [2.45, 2.75) is 4.90 Å². The Balaban J connectivity index is 2.75. The third-order valence-electron chi connectivity index (χ3n) is 1.58. The Bertz CT molecular complexity index is 414. The minimum Gasteiger partial charge on any atom is -0.504 e. The van der Waals surface area contributed by atoms with Crippen LogP contribution in [0, 0.1) is 0 Å². The molecule has 1 N–H and O–H groups in total. The second kappa shape index (κ2) is 2.38. The van der Waals surface area contributed by atoms with Crippen LogP contribution in [0.1, 0.15) is 0 Å². The van der Waals surface area contributed by atoms with Crippen LogP contribution in [0.3, 0.4) is 0 Å². The van der Waals surface area contributed by atoms with Gasteiger partial charge in [0.25, 0.3) is 5.58 Å². The molecular formula is C7H6O4S. The zero-order valence-electron chi connectivity index (χ0n) is 6.20. The van der Waals surface area contributed by atoms with Crippen molar-refractivity contribution in [3.8, 4) is 11.5 Å². The van der Waals surface area contributed by atoms with Gasteiger partial charge in [0.15, 0.2) is 5.75 Å². The molecule has 0 radical (unpaired) electrons. The summed E-state index contributed by atoms with van der Waals surface area (Å²) < 4.78 is 14.1. The number of thiol groups is 1. The summed E-state index contributed by atoms with van der Waals surface area (Å²) in [5.74, 6) is 0.448. The summed E-state index contributed by atoms with van der Waals surface area (Å²) in [6.45, 7) is 0. The zero-order chi connectivity index (χ0) is 8.72. The number of methoxy groups -OCH3 is 1. The van der Waals surface area contributed by atoms with Gasteiger partial charge in [-0.25, -0.2) is 0 Å². The number of phenolic OH excluding ortho intramolecular Hbond substituents is 1. The molecule has 1 aromatic carbocycles. The van der Waals surface area contributed by atoms with Gasteiger partial charge in [-0.05, 0) is 0 Å². The fourth-order valence-electron chi connectivity index (χ4n) is 0.957. The van der Waals surface area contributed by atoms with E-state index in [0.29, 0.717) is 21.8 Å². The molecule has 0 saturated heterocycles. The first kappa shape index (κ1) is 7.42. The monoisotopic (exact) mass is 186 g/mol. The van der Waals surface area contributed by atoms with Crippen LogP contribution in [0.5, 0.6) is 11.5 Å². The average Bonchev–Trinajstić information content (AvgIpc) is 1.95. The molecule has 12 heavy (non-hydrogen) atoms. The van der Waals surface area contributed by atoms with Crippen molar-refractivity contribution in [3.63, 3.8) is 0 Å². The lowest BCUT2D eigenvalue weighted by Crippen LogP contribution is -1.87. The van der Waals surface area contributed by atoms with Crippen LogP contribution >= 0.6 is 12.6 Å². The number of fused-ring (bicyclic) bond motifs is 1. The van der Waals surface area contributed by atoms with Crippen molar-refractivity contribution in [2.24, 2.45) is 0 Å². The van der Waals surface area contributed by atoms with Crippen LogP contribution in [0.2, 0.25) is 0 Å². The quantitative estimate of drug-likeness (QED) is 0.528. The molecule has 0 unspecified atom stereocenters. The average molecular weight is 186 g/mol. The van der Waals surface area contributed by atoms with Crippen molar-refractivity contribution in [3.05, 3.63) is 6.07 Å². The lowest BCUT2D eigenvalue weighted by Gasteiger charge is -2.07. The number of ether oxygens (including phenoxy) is 1. The third kappa shape index (κ3) is 0.797. The summed E-state index contributed by atoms with van der Waals surface area (Å²) in [7, 11) is 1.49. The molecule has 0 atom stereocenters. The molecule has 1 heterocycles. The normalized spacial score (nSPS) is 10.8. The van der Waals surface area contributed by atoms with Gasteiger partial charge in [-0.1, -0.05) is 0 Å². The lowest BCUT2D eigenvalue weighted by atomic mass is 10.3. The highest BCUT2D eigenvalue weighted by Gasteiger charge is 2.18. The van der Waals surface area contributed by atoms with Crippen LogP contribution in [0.25, 0.3) is 11.2 Å². The highest BCUT2D eigenvalue weighted by atomic mass is 32.1. The van der Waals surface area contributed by atoms with Gasteiger partial charge < -0.3 is 9.84 Å². The summed E-state index contributed by atoms with van der Waals surface area (Å²) in [6, 6.07) is 1.42. The second-order valence-electron chi connectivity index (χ2n) is 2.27. The summed E-state index contributed by atoms with van der Waals surface area (Å²) in [5.41, 5.74) is 0.719. The molecule has 2 rings (SSSR count). The number of phenols is 1. The fraction of sp³-hybridized carbons (Fsp3) is 0.143. The molecule has 0 fully saturated rings. The molecule has 1 aromatic heterocycles. The van der Waals surface area contributed by atoms with E-state index >= 15 is 0 Å². The lowest BCUT2D eigenvalue weighted by molar-refractivity contribution is 0.0536. The summed E-state index contributed by atoms with van der Waals surface area (Å²) in [5, 5.41) is 9.27. The standard InChI is InChI=1S/C7H6O4S/c1-9-4-2-3(8)5-6(7(4)12)11-10-5/h2,8,12H,1H3. The molecule has 0 amide bonds. The van der Waals surface area contributed by atoms with E-state index in [1.807, 2.05) is 0 Å². The molecule has 64 valence electrons. The molecule has 0 aliphatic carbocycles. The Morgan fingerprint density at radius 2 is 2.08 bits per heavy atom. The van der Waals surface area contributed by atoms with E-state index in [0.717, 1.165) is 0 Å². The Morgan fingerprint density at radius 3 is 2.58 bits per heavy atom. The van der Waals surface area contributed by atoms with Gasteiger partial charge in [-0.2, -0.15) is 0 Å². The first-order valence-corrected chi connectivity index (χ1v) is 3.66. The number of hydrogen-bond donors (Lipinski definition) is 2. The topological polar surface area (TPSA) is 55.7 Å². The van der Waals surface area contributed by atoms with E-state index in [1.54, 1.807) is 0 Å². The summed E-state index contributed by atoms with van der Waals surface area (Å²) in [6.07, 6.45) is 0. The molecule has 2 aromatic rings. The van der Waals surface area contributed by atoms with Gasteiger partial charge in [0.05, 0.1) is 12.0 Å². The van der Waals surface area contributed by atoms with Crippen molar-refractivity contribution in [1.82, 2.24) is 0 Å². The first-order chi connectivity index (χ1) is 5.74. The van der Waals surface area contributed by atoms with E-state index in [4.69, 9.17) is 4.74 Å². The molecule has 0 aliphatic heterocycles. The van der Waals surface area contributed by atoms with Gasteiger partial charge in [0.1, 0.15) is 5.75 Å². The maximum atomic E-state index is 9.27. The summed E-state index contributed by atoms with van der Waals surface area (Å²) >= 11 is 4.12. The number of hydrogen-bond acceptors (Lipinski definition) is 5. The van der Waals surface area contributed by atoms with E-state index in [1.165, 1.54) is 13.2 Å². The highest BCUT2D eigenvalue weighted by Crippen LogP contribution is 2.39. The number of benzene rings is 1. The molecule has 0 bridgehead atoms. The zero-order valence-corrected chi connectivity index (χ0v) is 7.09. The molecular weight excluding hydrogens is 180 g/mol. The Hall–Kier alpha value is -1.23. The highest BCUT2D eigenvalue weighted by molar-refractivity contribution is 7.80. The van der Waals surface area contributed by atoms with Gasteiger partial charge in [-0.15, -0.1) is 12.6 Å². The largest absolute Gasteiger partial charge is 0.504 e. The van der Waals surface area contributed by atoms with Crippen LogP contribution in [0.4, 0.5) is 0 Å². The van der Waals surface area contributed by atoms with E-state index in [-0.39, 0.29) is 5.75 Å². The molecule has 0 saturated carbocycles. The SMILES string of the molecule is COc1cc(O)c2ooc2c1S. The Kier molecular flexibility index (Phi) is 1.47. The molecule has 0 aliphatic rings. The van der Waals surface area contributed by atoms with Crippen LogP contribution < -0.4 is 4.74 Å². The van der Waals surface area contributed by atoms with Crippen molar-refractivity contribution in [2.75, 3.05) is 7.11 Å². The van der Waals surface area contributed by atoms with Crippen LogP contribution in [0.15, 0.2) is 20.1 Å². The van der Waals surface area contributed by atoms with Crippen molar-refractivity contribution in [1.29, 1.82) is 0 Å². The number of rotatable bonds is 1. The van der Waals surface area contributed by atoms with Crippen molar-refractivity contribution < 1.29 is 19.0 Å². The van der Waals surface area contributed by atoms with Gasteiger partial charge in [0.2, 0.25) is 5.58 Å². The van der Waals surface area contributed by atoms with E-state index in [9.17, 15) is 5.11 Å². The molecule has 0 spiro atoms. The van der Waals surface area contributed by atoms with E-state index < -0.39 is 0 Å². The van der Waals surface area contributed by atoms with Crippen LogP contribution in [-0.4, -0.2) is 12.2 Å².